The van der Waals surface area contributed by atoms with Crippen molar-refractivity contribution in [3.63, 3.8) is 0 Å². The molecule has 3 aromatic carbocycles. The molecule has 6 rings (SSSR count). The van der Waals surface area contributed by atoms with Gasteiger partial charge in [0.1, 0.15) is 29.0 Å². The number of ether oxygens (including phenoxy) is 2. The van der Waals surface area contributed by atoms with E-state index in [2.05, 4.69) is 9.88 Å². The lowest BCUT2D eigenvalue weighted by Gasteiger charge is -2.48. The van der Waals surface area contributed by atoms with Crippen molar-refractivity contribution in [2.24, 2.45) is 0 Å². The molecule has 0 bridgehead atoms. The minimum Gasteiger partial charge on any atom is -0.496 e. The van der Waals surface area contributed by atoms with E-state index in [1.807, 2.05) is 41.3 Å². The van der Waals surface area contributed by atoms with Crippen LogP contribution in [0.4, 0.5) is 10.1 Å². The number of aromatic nitrogens is 1. The van der Waals surface area contributed by atoms with E-state index in [0.717, 1.165) is 39.2 Å². The highest BCUT2D eigenvalue weighted by atomic mass is 19.1. The molecule has 0 aliphatic carbocycles. The Morgan fingerprint density at radius 3 is 2.50 bits per heavy atom. The lowest BCUT2D eigenvalue weighted by Crippen LogP contribution is -2.52. The van der Waals surface area contributed by atoms with Gasteiger partial charge in [0.05, 0.1) is 25.6 Å². The maximum atomic E-state index is 13.8. The molecule has 4 aromatic rings. The van der Waals surface area contributed by atoms with Crippen LogP contribution in [0.15, 0.2) is 60.7 Å². The molecule has 1 amide bonds. The summed E-state index contributed by atoms with van der Waals surface area (Å²) < 4.78 is 24.8. The number of carbonyl (C=O) groups excluding carboxylic acids is 1. The Bertz CT molecular complexity index is 1410. The number of rotatable bonds is 4. The summed E-state index contributed by atoms with van der Waals surface area (Å²) >= 11 is 0. The third-order valence-electron chi connectivity index (χ3n) is 6.87. The van der Waals surface area contributed by atoms with Gasteiger partial charge in [0.2, 0.25) is 0 Å². The van der Waals surface area contributed by atoms with Gasteiger partial charge in [-0.15, -0.1) is 0 Å². The summed E-state index contributed by atoms with van der Waals surface area (Å²) in [6.07, 6.45) is 0.380. The maximum Gasteiger partial charge on any atom is 0.261 e. The van der Waals surface area contributed by atoms with Crippen molar-refractivity contribution in [3.05, 3.63) is 88.9 Å². The Hall–Kier alpha value is -4.00. The van der Waals surface area contributed by atoms with E-state index < -0.39 is 0 Å². The predicted octanol–water partition coefficient (Wildman–Crippen LogP) is 5.04. The molecule has 1 N–H and O–H groups in total. The smallest absolute Gasteiger partial charge is 0.261 e. The highest BCUT2D eigenvalue weighted by Crippen LogP contribution is 2.47. The third-order valence-corrected chi connectivity index (χ3v) is 6.87. The standard InChI is InChI=1S/C27H24FN3O3/c1-33-21-7-3-5-19-23(21)18-13-14-30-26(25(18)29-19)31(15-16-9-11-17(28)12-10-16)20-6-4-8-22(34-2)24(20)27(30)32/h3-12,26,29H,13-15H2,1-2H3. The zero-order valence-corrected chi connectivity index (χ0v) is 19.0. The van der Waals surface area contributed by atoms with Crippen LogP contribution in [-0.2, 0) is 13.0 Å². The number of benzene rings is 3. The van der Waals surface area contributed by atoms with Crippen LogP contribution in [0, 0.1) is 5.82 Å². The van der Waals surface area contributed by atoms with Gasteiger partial charge in [0.15, 0.2) is 0 Å². The summed E-state index contributed by atoms with van der Waals surface area (Å²) in [6, 6.07) is 18.1. The Morgan fingerprint density at radius 2 is 1.74 bits per heavy atom. The van der Waals surface area contributed by atoms with Gasteiger partial charge >= 0.3 is 0 Å². The topological polar surface area (TPSA) is 57.8 Å². The fraction of sp³-hybridized carbons (Fsp3) is 0.222. The first-order valence-corrected chi connectivity index (χ1v) is 11.3. The number of carbonyl (C=O) groups is 1. The molecule has 34 heavy (non-hydrogen) atoms. The molecular weight excluding hydrogens is 433 g/mol. The minimum absolute atomic E-state index is 0.0518. The highest BCUT2D eigenvalue weighted by molar-refractivity contribution is 6.05. The van der Waals surface area contributed by atoms with Crippen molar-refractivity contribution in [3.8, 4) is 11.5 Å². The number of hydrogen-bond acceptors (Lipinski definition) is 4. The number of methoxy groups -OCH3 is 2. The van der Waals surface area contributed by atoms with Crippen molar-refractivity contribution < 1.29 is 18.7 Å². The monoisotopic (exact) mass is 457 g/mol. The molecule has 1 aromatic heterocycles. The molecule has 1 unspecified atom stereocenters. The van der Waals surface area contributed by atoms with Crippen molar-refractivity contribution in [1.82, 2.24) is 9.88 Å². The first kappa shape index (κ1) is 20.6. The van der Waals surface area contributed by atoms with E-state index in [-0.39, 0.29) is 17.9 Å². The zero-order chi connectivity index (χ0) is 23.4. The molecule has 0 saturated heterocycles. The normalized spacial score (nSPS) is 16.8. The zero-order valence-electron chi connectivity index (χ0n) is 19.0. The lowest BCUT2D eigenvalue weighted by atomic mass is 9.94. The number of amides is 1. The van der Waals surface area contributed by atoms with Crippen molar-refractivity contribution in [2.75, 3.05) is 25.7 Å². The molecule has 2 aliphatic heterocycles. The van der Waals surface area contributed by atoms with E-state index in [4.69, 9.17) is 9.47 Å². The van der Waals surface area contributed by atoms with Gasteiger partial charge in [-0.25, -0.2) is 4.39 Å². The Morgan fingerprint density at radius 1 is 1.00 bits per heavy atom. The van der Waals surface area contributed by atoms with E-state index in [0.29, 0.717) is 30.8 Å². The third kappa shape index (κ3) is 2.96. The molecule has 172 valence electrons. The molecule has 3 heterocycles. The second-order valence-corrected chi connectivity index (χ2v) is 8.63. The van der Waals surface area contributed by atoms with Gasteiger partial charge in [0.25, 0.3) is 5.91 Å². The van der Waals surface area contributed by atoms with Gasteiger partial charge in [-0.05, 0) is 53.9 Å². The summed E-state index contributed by atoms with van der Waals surface area (Å²) in [6.45, 7) is 1.07. The van der Waals surface area contributed by atoms with Crippen LogP contribution in [0.2, 0.25) is 0 Å². The van der Waals surface area contributed by atoms with Crippen molar-refractivity contribution in [2.45, 2.75) is 19.1 Å². The van der Waals surface area contributed by atoms with Crippen molar-refractivity contribution in [1.29, 1.82) is 0 Å². The van der Waals surface area contributed by atoms with Crippen LogP contribution in [0.3, 0.4) is 0 Å². The number of nitrogens with one attached hydrogen (secondary N) is 1. The number of anilines is 1. The molecule has 0 spiro atoms. The Kier molecular flexibility index (Phi) is 4.72. The second-order valence-electron chi connectivity index (χ2n) is 8.63. The fourth-order valence-electron chi connectivity index (χ4n) is 5.38. The highest BCUT2D eigenvalue weighted by Gasteiger charge is 2.44. The van der Waals surface area contributed by atoms with Crippen LogP contribution < -0.4 is 14.4 Å². The van der Waals surface area contributed by atoms with Gasteiger partial charge in [0, 0.05) is 24.0 Å². The number of fused-ring (bicyclic) bond motifs is 6. The minimum atomic E-state index is -0.335. The second kappa shape index (κ2) is 7.80. The summed E-state index contributed by atoms with van der Waals surface area (Å²) in [4.78, 5) is 21.4. The van der Waals surface area contributed by atoms with Crippen LogP contribution in [0.5, 0.6) is 11.5 Å². The first-order chi connectivity index (χ1) is 16.6. The van der Waals surface area contributed by atoms with Crippen LogP contribution in [-0.4, -0.2) is 36.6 Å². The summed E-state index contributed by atoms with van der Waals surface area (Å²) in [7, 11) is 3.26. The Balaban J connectivity index is 1.57. The molecule has 0 saturated carbocycles. The molecule has 7 heteroatoms. The average molecular weight is 458 g/mol. The molecule has 2 aliphatic rings. The summed E-state index contributed by atoms with van der Waals surface area (Å²) in [5.74, 6) is 1.04. The quantitative estimate of drug-likeness (QED) is 0.466. The van der Waals surface area contributed by atoms with E-state index in [9.17, 15) is 9.18 Å². The van der Waals surface area contributed by atoms with E-state index >= 15 is 0 Å². The van der Waals surface area contributed by atoms with Crippen LogP contribution in [0.1, 0.15) is 33.3 Å². The number of H-pyrrole nitrogens is 1. The molecule has 6 nitrogen and oxygen atoms in total. The lowest BCUT2D eigenvalue weighted by molar-refractivity contribution is 0.0621. The number of halogens is 1. The van der Waals surface area contributed by atoms with Gasteiger partial charge in [-0.1, -0.05) is 24.3 Å². The SMILES string of the molecule is COc1cccc2c1C(=O)N1CCc3c([nH]c4cccc(OC)c34)C1N2Cc1ccc(F)cc1. The van der Waals surface area contributed by atoms with E-state index in [1.165, 1.54) is 12.1 Å². The predicted molar refractivity (Wildman–Crippen MR) is 128 cm³/mol. The average Bonchev–Trinajstić information content (AvgIpc) is 3.26. The fourth-order valence-corrected chi connectivity index (χ4v) is 5.38. The molecule has 1 atom stereocenters. The van der Waals surface area contributed by atoms with Gasteiger partial charge in [-0.2, -0.15) is 0 Å². The molecular formula is C27H24FN3O3. The van der Waals surface area contributed by atoms with Gasteiger partial charge in [-0.3, -0.25) is 4.79 Å². The molecule has 0 fully saturated rings. The summed E-state index contributed by atoms with van der Waals surface area (Å²) in [5.41, 5.74) is 5.43. The number of aromatic amines is 1. The summed E-state index contributed by atoms with van der Waals surface area (Å²) in [5, 5.41) is 1.06. The number of hydrogen-bond donors (Lipinski definition) is 1. The van der Waals surface area contributed by atoms with Gasteiger partial charge < -0.3 is 24.3 Å². The largest absolute Gasteiger partial charge is 0.496 e. The number of nitrogens with zero attached hydrogens (tertiary/aromatic N) is 2. The van der Waals surface area contributed by atoms with Crippen molar-refractivity contribution >= 4 is 22.5 Å². The Labute approximate surface area is 196 Å². The van der Waals surface area contributed by atoms with E-state index in [1.54, 1.807) is 26.4 Å². The first-order valence-electron chi connectivity index (χ1n) is 11.3. The molecule has 0 radical (unpaired) electrons. The maximum absolute atomic E-state index is 13.8. The van der Waals surface area contributed by atoms with Crippen LogP contribution >= 0.6 is 0 Å². The van der Waals surface area contributed by atoms with Crippen LogP contribution in [0.25, 0.3) is 10.9 Å².